The highest BCUT2D eigenvalue weighted by molar-refractivity contribution is 7.89. The van der Waals surface area contributed by atoms with Crippen molar-refractivity contribution in [2.75, 3.05) is 13.7 Å². The first-order chi connectivity index (χ1) is 15.7. The molecule has 0 saturated heterocycles. The number of benzene rings is 3. The predicted molar refractivity (Wildman–Crippen MR) is 130 cm³/mol. The third-order valence-electron chi connectivity index (χ3n) is 5.21. The lowest BCUT2D eigenvalue weighted by Gasteiger charge is -2.24. The number of carbonyl (C=O) groups excluding carboxylic acids is 1. The summed E-state index contributed by atoms with van der Waals surface area (Å²) < 4.78 is 33.8. The van der Waals surface area contributed by atoms with E-state index in [0.29, 0.717) is 5.02 Å². The van der Waals surface area contributed by atoms with Gasteiger partial charge in [0.1, 0.15) is 10.6 Å². The number of rotatable bonds is 9. The number of nitrogens with zero attached hydrogens (tertiary/aromatic N) is 1. The van der Waals surface area contributed by atoms with E-state index in [2.05, 4.69) is 5.32 Å². The normalized spacial score (nSPS) is 12.4. The summed E-state index contributed by atoms with van der Waals surface area (Å²) in [6, 6.07) is 20.9. The minimum atomic E-state index is -4.04. The van der Waals surface area contributed by atoms with E-state index >= 15 is 0 Å². The van der Waals surface area contributed by atoms with Crippen molar-refractivity contribution in [3.8, 4) is 5.75 Å². The van der Waals surface area contributed by atoms with Crippen LogP contribution in [0.5, 0.6) is 5.75 Å². The van der Waals surface area contributed by atoms with Gasteiger partial charge >= 0.3 is 0 Å². The van der Waals surface area contributed by atoms with Gasteiger partial charge in [0.05, 0.1) is 19.7 Å². The Morgan fingerprint density at radius 1 is 1.06 bits per heavy atom. The molecule has 0 aliphatic carbocycles. The molecular weight excluding hydrogens is 460 g/mol. The second kappa shape index (κ2) is 10.8. The van der Waals surface area contributed by atoms with Gasteiger partial charge < -0.3 is 10.1 Å². The minimum Gasteiger partial charge on any atom is -0.495 e. The monoisotopic (exact) mass is 486 g/mol. The van der Waals surface area contributed by atoms with Gasteiger partial charge in [-0.15, -0.1) is 0 Å². The molecule has 33 heavy (non-hydrogen) atoms. The van der Waals surface area contributed by atoms with E-state index in [4.69, 9.17) is 16.3 Å². The first-order valence-electron chi connectivity index (χ1n) is 10.4. The molecule has 0 saturated carbocycles. The highest BCUT2D eigenvalue weighted by Gasteiger charge is 2.30. The first kappa shape index (κ1) is 24.8. The highest BCUT2D eigenvalue weighted by Crippen LogP contribution is 2.29. The number of carbonyl (C=O) groups is 1. The van der Waals surface area contributed by atoms with Crippen molar-refractivity contribution in [3.63, 3.8) is 0 Å². The summed E-state index contributed by atoms with van der Waals surface area (Å²) in [5, 5.41) is 3.48. The smallest absolute Gasteiger partial charge is 0.247 e. The minimum absolute atomic E-state index is 0.0273. The zero-order valence-corrected chi connectivity index (χ0v) is 20.4. The average Bonchev–Trinajstić information content (AvgIpc) is 2.79. The standard InChI is InChI=1S/C25H27ClN2O4S/c1-18-9-14-23(32-3)24(15-18)33(30,31)28(16-20-7-5-4-6-8-20)17-25(29)27-19(2)21-10-12-22(26)13-11-21/h4-15,19H,16-17H2,1-3H3,(H,27,29)/t19-/m1/s1. The molecule has 0 unspecified atom stereocenters. The van der Waals surface area contributed by atoms with Gasteiger partial charge in [0.25, 0.3) is 0 Å². The van der Waals surface area contributed by atoms with Crippen molar-refractivity contribution in [1.82, 2.24) is 9.62 Å². The maximum Gasteiger partial charge on any atom is 0.247 e. The van der Waals surface area contributed by atoms with Crippen molar-refractivity contribution in [2.24, 2.45) is 0 Å². The second-order valence-corrected chi connectivity index (χ2v) is 10.1. The molecule has 8 heteroatoms. The highest BCUT2D eigenvalue weighted by atomic mass is 35.5. The Kier molecular flexibility index (Phi) is 8.13. The third kappa shape index (κ3) is 6.35. The summed E-state index contributed by atoms with van der Waals surface area (Å²) in [7, 11) is -2.61. The van der Waals surface area contributed by atoms with Crippen LogP contribution >= 0.6 is 11.6 Å². The number of methoxy groups -OCH3 is 1. The Labute approximate surface area is 200 Å². The Morgan fingerprint density at radius 2 is 1.73 bits per heavy atom. The van der Waals surface area contributed by atoms with E-state index in [9.17, 15) is 13.2 Å². The molecule has 174 valence electrons. The van der Waals surface area contributed by atoms with Crippen molar-refractivity contribution >= 4 is 27.5 Å². The van der Waals surface area contributed by atoms with Crippen LogP contribution in [0.1, 0.15) is 29.7 Å². The van der Waals surface area contributed by atoms with Crippen LogP contribution in [0.4, 0.5) is 0 Å². The summed E-state index contributed by atoms with van der Waals surface area (Å²) in [5.74, 6) is -0.183. The molecule has 0 bridgehead atoms. The van der Waals surface area contributed by atoms with Gasteiger partial charge in [-0.25, -0.2) is 8.42 Å². The van der Waals surface area contributed by atoms with Gasteiger partial charge in [-0.05, 0) is 54.8 Å². The van der Waals surface area contributed by atoms with Crippen LogP contribution in [0.15, 0.2) is 77.7 Å². The number of sulfonamides is 1. The van der Waals surface area contributed by atoms with Gasteiger partial charge in [0.2, 0.25) is 15.9 Å². The lowest BCUT2D eigenvalue weighted by Crippen LogP contribution is -2.41. The number of aryl methyl sites for hydroxylation is 1. The molecule has 0 aromatic heterocycles. The van der Waals surface area contributed by atoms with Crippen LogP contribution in [-0.4, -0.2) is 32.3 Å². The summed E-state index contributed by atoms with van der Waals surface area (Å²) in [6.45, 7) is 3.34. The molecule has 1 N–H and O–H groups in total. The second-order valence-electron chi connectivity index (χ2n) is 7.75. The van der Waals surface area contributed by atoms with E-state index in [-0.39, 0.29) is 29.8 Å². The fourth-order valence-electron chi connectivity index (χ4n) is 3.42. The van der Waals surface area contributed by atoms with Gasteiger partial charge in [-0.1, -0.05) is 60.1 Å². The molecule has 0 radical (unpaired) electrons. The Morgan fingerprint density at radius 3 is 2.36 bits per heavy atom. The summed E-state index contributed by atoms with van der Waals surface area (Å²) in [5.41, 5.74) is 2.41. The molecule has 3 aromatic rings. The van der Waals surface area contributed by atoms with Crippen molar-refractivity contribution < 1.29 is 17.9 Å². The number of amides is 1. The Balaban J connectivity index is 1.89. The fraction of sp³-hybridized carbons (Fsp3) is 0.240. The largest absolute Gasteiger partial charge is 0.495 e. The van der Waals surface area contributed by atoms with Crippen LogP contribution in [-0.2, 0) is 21.4 Å². The van der Waals surface area contributed by atoms with Gasteiger partial charge in [-0.2, -0.15) is 4.31 Å². The van der Waals surface area contributed by atoms with Gasteiger partial charge in [0.15, 0.2) is 0 Å². The number of hydrogen-bond acceptors (Lipinski definition) is 4. The molecule has 3 rings (SSSR count). The van der Waals surface area contributed by atoms with Crippen LogP contribution in [0.25, 0.3) is 0 Å². The third-order valence-corrected chi connectivity index (χ3v) is 7.27. The van der Waals surface area contributed by atoms with E-state index in [1.165, 1.54) is 11.4 Å². The molecule has 0 fully saturated rings. The van der Waals surface area contributed by atoms with Crippen molar-refractivity contribution in [1.29, 1.82) is 0 Å². The van der Waals surface area contributed by atoms with E-state index in [0.717, 1.165) is 16.7 Å². The Bertz CT molecular complexity index is 1200. The average molecular weight is 487 g/mol. The molecule has 0 spiro atoms. The number of nitrogens with one attached hydrogen (secondary N) is 1. The van der Waals surface area contributed by atoms with Crippen molar-refractivity contribution in [3.05, 3.63) is 94.5 Å². The van der Waals surface area contributed by atoms with Crippen LogP contribution in [0, 0.1) is 6.92 Å². The maximum absolute atomic E-state index is 13.6. The quantitative estimate of drug-likeness (QED) is 0.474. The Hall–Kier alpha value is -2.87. The molecule has 3 aromatic carbocycles. The number of ether oxygens (including phenoxy) is 1. The summed E-state index contributed by atoms with van der Waals surface area (Å²) >= 11 is 5.94. The van der Waals surface area contributed by atoms with Gasteiger partial charge in [0, 0.05) is 11.6 Å². The van der Waals surface area contributed by atoms with E-state index in [1.807, 2.05) is 49.4 Å². The van der Waals surface area contributed by atoms with Crippen LogP contribution < -0.4 is 10.1 Å². The molecule has 1 atom stereocenters. The summed E-state index contributed by atoms with van der Waals surface area (Å²) in [6.07, 6.45) is 0. The lowest BCUT2D eigenvalue weighted by atomic mass is 10.1. The number of hydrogen-bond donors (Lipinski definition) is 1. The van der Waals surface area contributed by atoms with Crippen LogP contribution in [0.3, 0.4) is 0 Å². The maximum atomic E-state index is 13.6. The lowest BCUT2D eigenvalue weighted by molar-refractivity contribution is -0.122. The molecule has 1 amide bonds. The zero-order chi connectivity index (χ0) is 24.0. The fourth-order valence-corrected chi connectivity index (χ4v) is 5.17. The predicted octanol–water partition coefficient (Wildman–Crippen LogP) is 4.73. The van der Waals surface area contributed by atoms with Crippen molar-refractivity contribution in [2.45, 2.75) is 31.3 Å². The van der Waals surface area contributed by atoms with Gasteiger partial charge in [-0.3, -0.25) is 4.79 Å². The topological polar surface area (TPSA) is 75.7 Å². The molecule has 0 aliphatic heterocycles. The number of halogens is 1. The first-order valence-corrected chi connectivity index (χ1v) is 12.3. The summed E-state index contributed by atoms with van der Waals surface area (Å²) in [4.78, 5) is 12.9. The van der Waals surface area contributed by atoms with E-state index in [1.54, 1.807) is 37.3 Å². The molecule has 6 nitrogen and oxygen atoms in total. The van der Waals surface area contributed by atoms with E-state index < -0.39 is 15.9 Å². The molecule has 0 heterocycles. The molecule has 0 aliphatic rings. The molecular formula is C25H27ClN2O4S. The zero-order valence-electron chi connectivity index (χ0n) is 18.8. The van der Waals surface area contributed by atoms with Crippen LogP contribution in [0.2, 0.25) is 5.02 Å². The SMILES string of the molecule is COc1ccc(C)cc1S(=O)(=O)N(CC(=O)N[C@H](C)c1ccc(Cl)cc1)Cc1ccccc1.